The van der Waals surface area contributed by atoms with Gasteiger partial charge in [0.1, 0.15) is 18.1 Å². The number of hydrogen-bond donors (Lipinski definition) is 1. The maximum Gasteiger partial charge on any atom is 0.337 e. The number of hydrogen-bond acceptors (Lipinski definition) is 7. The summed E-state index contributed by atoms with van der Waals surface area (Å²) in [5.41, 5.74) is 2.75. The highest BCUT2D eigenvalue weighted by Crippen LogP contribution is 2.45. The van der Waals surface area contributed by atoms with Crippen LogP contribution < -0.4 is 9.64 Å². The standard InChI is InChI=1S/C28H26N4O6/c1-16-15-31(27(33)23-13-18-11-19(6-8-22(18)29-23)38-10-9-30(2)3)25-14-24(32(35)36)20-7-5-17(28(34)37-4)12-21(20)26(16)25/h5-8,11-14,29H,1,9-10,15H2,2-4H3. The predicted octanol–water partition coefficient (Wildman–Crippen LogP) is 4.63. The lowest BCUT2D eigenvalue weighted by Gasteiger charge is -2.16. The normalized spacial score (nSPS) is 12.8. The molecular formula is C28H26N4O6. The van der Waals surface area contributed by atoms with Crippen LogP contribution in [0, 0.1) is 10.1 Å². The van der Waals surface area contributed by atoms with Gasteiger partial charge in [0.15, 0.2) is 0 Å². The van der Waals surface area contributed by atoms with Gasteiger partial charge >= 0.3 is 5.97 Å². The number of aromatic nitrogens is 1. The predicted molar refractivity (Wildman–Crippen MR) is 145 cm³/mol. The van der Waals surface area contributed by atoms with E-state index in [-0.39, 0.29) is 23.7 Å². The number of amides is 1. The molecule has 1 aliphatic rings. The van der Waals surface area contributed by atoms with Crippen LogP contribution in [0.25, 0.3) is 27.2 Å². The third kappa shape index (κ3) is 4.35. The quantitative estimate of drug-likeness (QED) is 0.217. The Balaban J connectivity index is 1.54. The Morgan fingerprint density at radius 1 is 1.13 bits per heavy atom. The van der Waals surface area contributed by atoms with Crippen LogP contribution in [0.3, 0.4) is 0 Å². The molecule has 1 aromatic heterocycles. The van der Waals surface area contributed by atoms with Crippen molar-refractivity contribution in [3.8, 4) is 5.75 Å². The zero-order valence-corrected chi connectivity index (χ0v) is 21.2. The van der Waals surface area contributed by atoms with E-state index in [4.69, 9.17) is 9.47 Å². The summed E-state index contributed by atoms with van der Waals surface area (Å²) in [4.78, 5) is 43.9. The molecule has 0 spiro atoms. The molecule has 0 unspecified atom stereocenters. The average molecular weight is 515 g/mol. The van der Waals surface area contributed by atoms with Gasteiger partial charge in [0.2, 0.25) is 0 Å². The SMILES string of the molecule is C=C1CN(C(=O)c2cc3cc(OCCN(C)C)ccc3[nH]2)c2cc([N+](=O)[O-])c3ccc(C(=O)OC)cc3c21. The zero-order chi connectivity index (χ0) is 27.1. The lowest BCUT2D eigenvalue weighted by Crippen LogP contribution is -2.28. The Labute approximate surface area is 218 Å². The van der Waals surface area contributed by atoms with E-state index < -0.39 is 10.9 Å². The molecule has 0 aliphatic carbocycles. The van der Waals surface area contributed by atoms with Gasteiger partial charge in [-0.25, -0.2) is 4.79 Å². The van der Waals surface area contributed by atoms with Gasteiger partial charge in [-0.05, 0) is 67.5 Å². The van der Waals surface area contributed by atoms with Crippen LogP contribution in [0.5, 0.6) is 5.75 Å². The van der Waals surface area contributed by atoms with E-state index in [2.05, 4.69) is 11.6 Å². The monoisotopic (exact) mass is 514 g/mol. The number of aromatic amines is 1. The molecule has 10 nitrogen and oxygen atoms in total. The first-order chi connectivity index (χ1) is 18.2. The number of nitro benzene ring substituents is 1. The van der Waals surface area contributed by atoms with Crippen molar-refractivity contribution in [3.05, 3.63) is 82.0 Å². The molecule has 5 rings (SSSR count). The third-order valence-corrected chi connectivity index (χ3v) is 6.58. The molecule has 0 radical (unpaired) electrons. The number of anilines is 1. The summed E-state index contributed by atoms with van der Waals surface area (Å²) in [5.74, 6) is -0.221. The van der Waals surface area contributed by atoms with Crippen molar-refractivity contribution in [2.24, 2.45) is 0 Å². The highest BCUT2D eigenvalue weighted by Gasteiger charge is 2.33. The number of fused-ring (bicyclic) bond motifs is 4. The second kappa shape index (κ2) is 9.64. The maximum absolute atomic E-state index is 13.7. The summed E-state index contributed by atoms with van der Waals surface area (Å²) in [6, 6.07) is 13.2. The second-order valence-electron chi connectivity index (χ2n) is 9.38. The number of carbonyl (C=O) groups excluding carboxylic acids is 2. The van der Waals surface area contributed by atoms with Crippen LogP contribution in [-0.2, 0) is 4.74 Å². The number of H-pyrrole nitrogens is 1. The van der Waals surface area contributed by atoms with E-state index in [1.807, 2.05) is 37.2 Å². The number of esters is 1. The first-order valence-corrected chi connectivity index (χ1v) is 11.9. The van der Waals surface area contributed by atoms with Gasteiger partial charge in [0.25, 0.3) is 11.6 Å². The molecule has 1 N–H and O–H groups in total. The van der Waals surface area contributed by atoms with Crippen molar-refractivity contribution >= 4 is 50.5 Å². The Hall–Kier alpha value is -4.70. The van der Waals surface area contributed by atoms with Gasteiger partial charge < -0.3 is 24.3 Å². The fraction of sp³-hybridized carbons (Fsp3) is 0.214. The molecule has 2 heterocycles. The second-order valence-corrected chi connectivity index (χ2v) is 9.38. The number of ether oxygens (including phenoxy) is 2. The number of rotatable bonds is 7. The van der Waals surface area contributed by atoms with Crippen LogP contribution in [0.4, 0.5) is 11.4 Å². The van der Waals surface area contributed by atoms with E-state index in [0.29, 0.717) is 45.6 Å². The van der Waals surface area contributed by atoms with E-state index in [1.54, 1.807) is 12.1 Å². The van der Waals surface area contributed by atoms with Gasteiger partial charge in [0.05, 0.1) is 35.2 Å². The molecule has 1 amide bonds. The molecule has 0 saturated heterocycles. The summed E-state index contributed by atoms with van der Waals surface area (Å²) in [6.45, 7) is 5.59. The molecule has 0 saturated carbocycles. The number of nitrogens with one attached hydrogen (secondary N) is 1. The minimum absolute atomic E-state index is 0.154. The number of carbonyl (C=O) groups is 2. The lowest BCUT2D eigenvalue weighted by molar-refractivity contribution is -0.383. The number of likely N-dealkylation sites (N-methyl/N-ethyl adjacent to an activating group) is 1. The fourth-order valence-corrected chi connectivity index (χ4v) is 4.72. The molecule has 3 aromatic carbocycles. The Morgan fingerprint density at radius 2 is 1.92 bits per heavy atom. The largest absolute Gasteiger partial charge is 0.492 e. The minimum atomic E-state index is -0.563. The molecular weight excluding hydrogens is 488 g/mol. The first-order valence-electron chi connectivity index (χ1n) is 11.9. The highest BCUT2D eigenvalue weighted by atomic mass is 16.6. The molecule has 0 bridgehead atoms. The van der Waals surface area contributed by atoms with Crippen LogP contribution in [0.1, 0.15) is 26.4 Å². The van der Waals surface area contributed by atoms with Gasteiger partial charge in [-0.1, -0.05) is 6.58 Å². The minimum Gasteiger partial charge on any atom is -0.492 e. The van der Waals surface area contributed by atoms with Gasteiger partial charge in [0, 0.05) is 29.1 Å². The topological polar surface area (TPSA) is 118 Å². The van der Waals surface area contributed by atoms with Crippen molar-refractivity contribution in [1.29, 1.82) is 0 Å². The number of non-ortho nitro benzene ring substituents is 1. The summed E-state index contributed by atoms with van der Waals surface area (Å²) in [6.07, 6.45) is 0. The van der Waals surface area contributed by atoms with Crippen molar-refractivity contribution in [3.63, 3.8) is 0 Å². The van der Waals surface area contributed by atoms with Crippen molar-refractivity contribution in [1.82, 2.24) is 9.88 Å². The number of nitro groups is 1. The molecule has 0 fully saturated rings. The molecule has 38 heavy (non-hydrogen) atoms. The number of nitrogens with zero attached hydrogens (tertiary/aromatic N) is 3. The summed E-state index contributed by atoms with van der Waals surface area (Å²) >= 11 is 0. The van der Waals surface area contributed by atoms with Gasteiger partial charge in [-0.2, -0.15) is 0 Å². The van der Waals surface area contributed by atoms with Crippen LogP contribution in [-0.4, -0.2) is 67.6 Å². The fourth-order valence-electron chi connectivity index (χ4n) is 4.72. The molecule has 194 valence electrons. The van der Waals surface area contributed by atoms with Crippen LogP contribution in [0.2, 0.25) is 0 Å². The van der Waals surface area contributed by atoms with Crippen molar-refractivity contribution in [2.75, 3.05) is 45.8 Å². The smallest absolute Gasteiger partial charge is 0.337 e. The first kappa shape index (κ1) is 25.0. The van der Waals surface area contributed by atoms with E-state index in [9.17, 15) is 19.7 Å². The Morgan fingerprint density at radius 3 is 2.63 bits per heavy atom. The third-order valence-electron chi connectivity index (χ3n) is 6.58. The van der Waals surface area contributed by atoms with E-state index >= 15 is 0 Å². The summed E-state index contributed by atoms with van der Waals surface area (Å²) in [5, 5.41) is 13.6. The molecule has 10 heteroatoms. The van der Waals surface area contributed by atoms with E-state index in [0.717, 1.165) is 17.4 Å². The highest BCUT2D eigenvalue weighted by molar-refractivity contribution is 6.17. The van der Waals surface area contributed by atoms with Gasteiger partial charge in [-0.15, -0.1) is 0 Å². The zero-order valence-electron chi connectivity index (χ0n) is 21.2. The number of benzene rings is 3. The van der Waals surface area contributed by atoms with E-state index in [1.165, 1.54) is 30.2 Å². The summed E-state index contributed by atoms with van der Waals surface area (Å²) < 4.78 is 10.6. The average Bonchev–Trinajstić information content (AvgIpc) is 3.47. The number of methoxy groups -OCH3 is 1. The van der Waals surface area contributed by atoms with Crippen molar-refractivity contribution in [2.45, 2.75) is 0 Å². The molecule has 1 aliphatic heterocycles. The van der Waals surface area contributed by atoms with Gasteiger partial charge in [-0.3, -0.25) is 14.9 Å². The van der Waals surface area contributed by atoms with Crippen molar-refractivity contribution < 1.29 is 24.0 Å². The summed E-state index contributed by atoms with van der Waals surface area (Å²) in [7, 11) is 5.21. The lowest BCUT2D eigenvalue weighted by atomic mass is 9.96. The molecule has 0 atom stereocenters. The Kier molecular flexibility index (Phi) is 6.33. The molecule has 4 aromatic rings. The van der Waals surface area contributed by atoms with Crippen LogP contribution >= 0.6 is 0 Å². The Bertz CT molecular complexity index is 1640. The maximum atomic E-state index is 13.7. The van der Waals surface area contributed by atoms with Crippen LogP contribution in [0.15, 0.2) is 55.1 Å².